The van der Waals surface area contributed by atoms with E-state index in [4.69, 9.17) is 0 Å². The predicted octanol–water partition coefficient (Wildman–Crippen LogP) is 1.93. The second kappa shape index (κ2) is 7.77. The maximum absolute atomic E-state index is 12.0. The van der Waals surface area contributed by atoms with Gasteiger partial charge in [-0.3, -0.25) is 0 Å². The van der Waals surface area contributed by atoms with Crippen LogP contribution in [-0.2, 0) is 10.0 Å². The van der Waals surface area contributed by atoms with Gasteiger partial charge < -0.3 is 10.6 Å². The standard InChI is InChI=1S/C15H25N3O2S/c1-2-10-17-21(19,20)15-8-6-13(7-9-15)18-14-5-3-4-11-16-12-14/h6-9,14,16-18H,2-5,10-12H2,1H3. The Labute approximate surface area is 127 Å². The van der Waals surface area contributed by atoms with E-state index in [-0.39, 0.29) is 0 Å². The van der Waals surface area contributed by atoms with Crippen molar-refractivity contribution in [3.63, 3.8) is 0 Å². The van der Waals surface area contributed by atoms with Gasteiger partial charge in [-0.25, -0.2) is 13.1 Å². The van der Waals surface area contributed by atoms with E-state index in [1.165, 1.54) is 12.8 Å². The first-order chi connectivity index (χ1) is 10.1. The molecule has 1 aliphatic heterocycles. The normalized spacial score (nSPS) is 20.0. The molecular formula is C15H25N3O2S. The highest BCUT2D eigenvalue weighted by atomic mass is 32.2. The summed E-state index contributed by atoms with van der Waals surface area (Å²) in [6.45, 7) is 4.45. The largest absolute Gasteiger partial charge is 0.381 e. The third-order valence-corrected chi connectivity index (χ3v) is 5.10. The van der Waals surface area contributed by atoms with Crippen LogP contribution >= 0.6 is 0 Å². The summed E-state index contributed by atoms with van der Waals surface area (Å²) in [6.07, 6.45) is 4.37. The van der Waals surface area contributed by atoms with Crippen LogP contribution in [0.2, 0.25) is 0 Å². The smallest absolute Gasteiger partial charge is 0.240 e. The van der Waals surface area contributed by atoms with Crippen LogP contribution in [0.25, 0.3) is 0 Å². The highest BCUT2D eigenvalue weighted by Crippen LogP contribution is 2.16. The van der Waals surface area contributed by atoms with Crippen LogP contribution in [0.3, 0.4) is 0 Å². The molecule has 1 aromatic carbocycles. The van der Waals surface area contributed by atoms with E-state index in [0.717, 1.165) is 31.6 Å². The maximum atomic E-state index is 12.0. The minimum atomic E-state index is -3.37. The van der Waals surface area contributed by atoms with Gasteiger partial charge in [0.25, 0.3) is 0 Å². The topological polar surface area (TPSA) is 70.2 Å². The van der Waals surface area contributed by atoms with Gasteiger partial charge in [-0.2, -0.15) is 0 Å². The second-order valence-corrected chi connectivity index (χ2v) is 7.23. The Kier molecular flexibility index (Phi) is 6.02. The van der Waals surface area contributed by atoms with Gasteiger partial charge in [-0.15, -0.1) is 0 Å². The molecule has 3 N–H and O–H groups in total. The zero-order valence-electron chi connectivity index (χ0n) is 12.6. The molecule has 1 fully saturated rings. The first-order valence-corrected chi connectivity index (χ1v) is 9.17. The SMILES string of the molecule is CCCNS(=O)(=O)c1ccc(NC2CCCCNC2)cc1. The van der Waals surface area contributed by atoms with Gasteiger partial charge in [0, 0.05) is 24.8 Å². The average molecular weight is 311 g/mol. The number of benzene rings is 1. The Morgan fingerprint density at radius 1 is 1.24 bits per heavy atom. The fourth-order valence-corrected chi connectivity index (χ4v) is 3.56. The lowest BCUT2D eigenvalue weighted by Gasteiger charge is -2.18. The summed E-state index contributed by atoms with van der Waals surface area (Å²) in [5.41, 5.74) is 0.971. The Hall–Kier alpha value is -1.11. The fourth-order valence-electron chi connectivity index (χ4n) is 2.43. The number of hydrogen-bond donors (Lipinski definition) is 3. The number of hydrogen-bond acceptors (Lipinski definition) is 4. The van der Waals surface area contributed by atoms with Crippen LogP contribution in [0, 0.1) is 0 Å². The van der Waals surface area contributed by atoms with E-state index >= 15 is 0 Å². The highest BCUT2D eigenvalue weighted by molar-refractivity contribution is 7.89. The molecule has 1 unspecified atom stereocenters. The molecular weight excluding hydrogens is 286 g/mol. The van der Waals surface area contributed by atoms with E-state index in [2.05, 4.69) is 15.4 Å². The molecule has 21 heavy (non-hydrogen) atoms. The molecule has 0 amide bonds. The molecule has 0 bridgehead atoms. The van der Waals surface area contributed by atoms with Crippen molar-refractivity contribution in [1.82, 2.24) is 10.0 Å². The van der Waals surface area contributed by atoms with E-state index < -0.39 is 10.0 Å². The Morgan fingerprint density at radius 2 is 2.00 bits per heavy atom. The molecule has 1 atom stereocenters. The van der Waals surface area contributed by atoms with Crippen molar-refractivity contribution in [1.29, 1.82) is 0 Å². The molecule has 0 saturated carbocycles. The summed E-state index contributed by atoms with van der Waals surface area (Å²) >= 11 is 0. The number of anilines is 1. The number of nitrogens with one attached hydrogen (secondary N) is 3. The van der Waals surface area contributed by atoms with Crippen LogP contribution in [0.15, 0.2) is 29.2 Å². The van der Waals surface area contributed by atoms with Crippen molar-refractivity contribution in [3.05, 3.63) is 24.3 Å². The average Bonchev–Trinajstić information content (AvgIpc) is 2.74. The molecule has 2 rings (SSSR count). The number of rotatable bonds is 6. The van der Waals surface area contributed by atoms with Crippen molar-refractivity contribution in [2.75, 3.05) is 25.0 Å². The molecule has 1 saturated heterocycles. The lowest BCUT2D eigenvalue weighted by Crippen LogP contribution is -2.30. The van der Waals surface area contributed by atoms with Gasteiger partial charge in [0.1, 0.15) is 0 Å². The highest BCUT2D eigenvalue weighted by Gasteiger charge is 2.14. The minimum Gasteiger partial charge on any atom is -0.381 e. The van der Waals surface area contributed by atoms with Crippen LogP contribution in [0.4, 0.5) is 5.69 Å². The lowest BCUT2D eigenvalue weighted by atomic mass is 10.1. The van der Waals surface area contributed by atoms with Crippen molar-refractivity contribution >= 4 is 15.7 Å². The zero-order chi connectivity index (χ0) is 15.1. The molecule has 0 radical (unpaired) electrons. The van der Waals surface area contributed by atoms with Gasteiger partial charge >= 0.3 is 0 Å². The third-order valence-electron chi connectivity index (χ3n) is 3.62. The molecule has 1 aromatic rings. The zero-order valence-corrected chi connectivity index (χ0v) is 13.4. The summed E-state index contributed by atoms with van der Waals surface area (Å²) in [7, 11) is -3.37. The van der Waals surface area contributed by atoms with Crippen molar-refractivity contribution in [2.45, 2.75) is 43.5 Å². The Morgan fingerprint density at radius 3 is 2.71 bits per heavy atom. The van der Waals surface area contributed by atoms with E-state index in [1.807, 2.05) is 19.1 Å². The third kappa shape index (κ3) is 4.98. The first kappa shape index (κ1) is 16.3. The molecule has 118 valence electrons. The molecule has 1 aliphatic rings. The molecule has 6 heteroatoms. The van der Waals surface area contributed by atoms with Crippen LogP contribution in [0.1, 0.15) is 32.6 Å². The molecule has 0 aliphatic carbocycles. The second-order valence-electron chi connectivity index (χ2n) is 5.46. The van der Waals surface area contributed by atoms with Gasteiger partial charge in [0.05, 0.1) is 4.90 Å². The Bertz CT molecular complexity index is 520. The summed E-state index contributed by atoms with van der Waals surface area (Å²) in [5.74, 6) is 0. The van der Waals surface area contributed by atoms with Gasteiger partial charge in [0.2, 0.25) is 10.0 Å². The summed E-state index contributed by atoms with van der Waals surface area (Å²) in [5, 5.41) is 6.87. The minimum absolute atomic E-state index is 0.320. The maximum Gasteiger partial charge on any atom is 0.240 e. The van der Waals surface area contributed by atoms with Crippen molar-refractivity contribution in [2.24, 2.45) is 0 Å². The molecule has 5 nitrogen and oxygen atoms in total. The van der Waals surface area contributed by atoms with Crippen LogP contribution in [0.5, 0.6) is 0 Å². The number of sulfonamides is 1. The molecule has 0 spiro atoms. The van der Waals surface area contributed by atoms with E-state index in [9.17, 15) is 8.42 Å². The molecule has 1 heterocycles. The van der Waals surface area contributed by atoms with E-state index in [0.29, 0.717) is 17.5 Å². The van der Waals surface area contributed by atoms with E-state index in [1.54, 1.807) is 12.1 Å². The molecule has 0 aromatic heterocycles. The fraction of sp³-hybridized carbons (Fsp3) is 0.600. The Balaban J connectivity index is 1.98. The van der Waals surface area contributed by atoms with Crippen molar-refractivity contribution < 1.29 is 8.42 Å². The van der Waals surface area contributed by atoms with Gasteiger partial charge in [0.15, 0.2) is 0 Å². The quantitative estimate of drug-likeness (QED) is 0.751. The van der Waals surface area contributed by atoms with Gasteiger partial charge in [-0.1, -0.05) is 13.3 Å². The lowest BCUT2D eigenvalue weighted by molar-refractivity contribution is 0.581. The monoisotopic (exact) mass is 311 g/mol. The van der Waals surface area contributed by atoms with Crippen LogP contribution in [-0.4, -0.2) is 34.1 Å². The predicted molar refractivity (Wildman–Crippen MR) is 86.1 cm³/mol. The van der Waals surface area contributed by atoms with Crippen molar-refractivity contribution in [3.8, 4) is 0 Å². The van der Waals surface area contributed by atoms with Gasteiger partial charge in [-0.05, 0) is 50.1 Å². The first-order valence-electron chi connectivity index (χ1n) is 7.69. The summed E-state index contributed by atoms with van der Waals surface area (Å²) in [6, 6.07) is 7.40. The van der Waals surface area contributed by atoms with Crippen LogP contribution < -0.4 is 15.4 Å². The summed E-state index contributed by atoms with van der Waals surface area (Å²) in [4.78, 5) is 0.320. The summed E-state index contributed by atoms with van der Waals surface area (Å²) < 4.78 is 26.6.